The molecule has 0 bridgehead atoms. The number of anilines is 1. The summed E-state index contributed by atoms with van der Waals surface area (Å²) in [5.74, 6) is 3.00. The predicted molar refractivity (Wildman–Crippen MR) is 71.0 cm³/mol. The van der Waals surface area contributed by atoms with Gasteiger partial charge >= 0.3 is 6.09 Å². The monoisotopic (exact) mass is 257 g/mol. The molecule has 2 fully saturated rings. The van der Waals surface area contributed by atoms with Crippen LogP contribution in [-0.2, 0) is 0 Å². The molecular formula is C14H15N3O2. The van der Waals surface area contributed by atoms with Crippen molar-refractivity contribution in [3.63, 3.8) is 0 Å². The molecule has 0 unspecified atom stereocenters. The Balaban J connectivity index is 1.79. The SMILES string of the molecule is C#Cc1cncc(N2C[C@H]3CCN(C(=O)O)[C@H]3C2)c1. The molecule has 2 saturated heterocycles. The van der Waals surface area contributed by atoms with Gasteiger partial charge in [-0.05, 0) is 12.5 Å². The van der Waals surface area contributed by atoms with E-state index in [4.69, 9.17) is 11.5 Å². The van der Waals surface area contributed by atoms with E-state index in [0.717, 1.165) is 30.8 Å². The van der Waals surface area contributed by atoms with Gasteiger partial charge in [0.25, 0.3) is 0 Å². The summed E-state index contributed by atoms with van der Waals surface area (Å²) in [7, 11) is 0. The van der Waals surface area contributed by atoms with Gasteiger partial charge in [0.05, 0.1) is 17.9 Å². The van der Waals surface area contributed by atoms with Crippen LogP contribution in [0.1, 0.15) is 12.0 Å². The molecule has 0 aromatic carbocycles. The summed E-state index contributed by atoms with van der Waals surface area (Å²) in [4.78, 5) is 19.0. The van der Waals surface area contributed by atoms with E-state index < -0.39 is 6.09 Å². The van der Waals surface area contributed by atoms with Crippen LogP contribution in [0.3, 0.4) is 0 Å². The van der Waals surface area contributed by atoms with Gasteiger partial charge in [-0.25, -0.2) is 4.79 Å². The maximum Gasteiger partial charge on any atom is 0.407 e. The van der Waals surface area contributed by atoms with Gasteiger partial charge in [-0.15, -0.1) is 6.42 Å². The zero-order chi connectivity index (χ0) is 13.4. The lowest BCUT2D eigenvalue weighted by atomic mass is 10.1. The molecule has 3 heterocycles. The predicted octanol–water partition coefficient (Wildman–Crippen LogP) is 1.25. The first-order valence-corrected chi connectivity index (χ1v) is 6.35. The largest absolute Gasteiger partial charge is 0.465 e. The van der Waals surface area contributed by atoms with Crippen molar-refractivity contribution in [2.24, 2.45) is 5.92 Å². The second kappa shape index (κ2) is 4.47. The van der Waals surface area contributed by atoms with Gasteiger partial charge in [0.15, 0.2) is 0 Å². The van der Waals surface area contributed by atoms with Crippen molar-refractivity contribution in [3.8, 4) is 12.3 Å². The minimum absolute atomic E-state index is 0.104. The van der Waals surface area contributed by atoms with Crippen LogP contribution in [0.5, 0.6) is 0 Å². The van der Waals surface area contributed by atoms with Gasteiger partial charge in [0.2, 0.25) is 0 Å². The molecule has 1 amide bonds. The Hall–Kier alpha value is -2.22. The lowest BCUT2D eigenvalue weighted by Crippen LogP contribution is -2.38. The third kappa shape index (κ3) is 1.99. The molecule has 0 aliphatic carbocycles. The average molecular weight is 257 g/mol. The summed E-state index contributed by atoms with van der Waals surface area (Å²) >= 11 is 0. The number of fused-ring (bicyclic) bond motifs is 1. The summed E-state index contributed by atoms with van der Waals surface area (Å²) < 4.78 is 0. The average Bonchev–Trinajstić information content (AvgIpc) is 2.98. The van der Waals surface area contributed by atoms with Crippen LogP contribution < -0.4 is 4.90 Å². The Bertz CT molecular complexity index is 552. The number of carbonyl (C=O) groups is 1. The van der Waals surface area contributed by atoms with Gasteiger partial charge in [-0.2, -0.15) is 0 Å². The molecule has 19 heavy (non-hydrogen) atoms. The molecule has 5 nitrogen and oxygen atoms in total. The second-order valence-corrected chi connectivity index (χ2v) is 5.07. The van der Waals surface area contributed by atoms with Crippen LogP contribution in [-0.4, -0.2) is 46.8 Å². The fraction of sp³-hybridized carbons (Fsp3) is 0.429. The molecule has 0 saturated carbocycles. The molecule has 2 aliphatic rings. The summed E-state index contributed by atoms with van der Waals surface area (Å²) in [6.07, 6.45) is 8.94. The van der Waals surface area contributed by atoms with E-state index in [1.807, 2.05) is 6.07 Å². The Morgan fingerprint density at radius 1 is 1.47 bits per heavy atom. The fourth-order valence-electron chi connectivity index (χ4n) is 3.09. The lowest BCUT2D eigenvalue weighted by Gasteiger charge is -2.23. The highest BCUT2D eigenvalue weighted by molar-refractivity contribution is 5.66. The Labute approximate surface area is 111 Å². The number of rotatable bonds is 1. The Morgan fingerprint density at radius 2 is 2.32 bits per heavy atom. The number of aromatic nitrogens is 1. The summed E-state index contributed by atoms with van der Waals surface area (Å²) in [6, 6.07) is 2.03. The van der Waals surface area contributed by atoms with Crippen LogP contribution in [0.4, 0.5) is 10.5 Å². The summed E-state index contributed by atoms with van der Waals surface area (Å²) in [5.41, 5.74) is 1.74. The number of likely N-dealkylation sites (tertiary alicyclic amines) is 1. The van der Waals surface area contributed by atoms with Gasteiger partial charge < -0.3 is 14.9 Å². The third-order valence-electron chi connectivity index (χ3n) is 4.05. The molecule has 2 aliphatic heterocycles. The highest BCUT2D eigenvalue weighted by atomic mass is 16.4. The topological polar surface area (TPSA) is 56.7 Å². The van der Waals surface area contributed by atoms with Crippen molar-refractivity contribution in [2.75, 3.05) is 24.5 Å². The number of amides is 1. The molecule has 98 valence electrons. The maximum absolute atomic E-state index is 11.2. The quantitative estimate of drug-likeness (QED) is 0.769. The van der Waals surface area contributed by atoms with Crippen LogP contribution >= 0.6 is 0 Å². The van der Waals surface area contributed by atoms with Crippen molar-refractivity contribution in [1.29, 1.82) is 0 Å². The number of nitrogens with zero attached hydrogens (tertiary/aromatic N) is 3. The molecule has 0 spiro atoms. The Morgan fingerprint density at radius 3 is 3.05 bits per heavy atom. The van der Waals surface area contributed by atoms with E-state index >= 15 is 0 Å². The molecule has 2 atom stereocenters. The van der Waals surface area contributed by atoms with Crippen LogP contribution in [0.2, 0.25) is 0 Å². The van der Waals surface area contributed by atoms with Crippen LogP contribution in [0.25, 0.3) is 0 Å². The van der Waals surface area contributed by atoms with Gasteiger partial charge in [-0.3, -0.25) is 4.98 Å². The molecule has 0 radical (unpaired) electrons. The van der Waals surface area contributed by atoms with Crippen LogP contribution in [0.15, 0.2) is 18.5 Å². The van der Waals surface area contributed by atoms with Gasteiger partial charge in [0, 0.05) is 37.3 Å². The Kier molecular flexibility index (Phi) is 2.79. The molecular weight excluding hydrogens is 242 g/mol. The zero-order valence-corrected chi connectivity index (χ0v) is 10.5. The van der Waals surface area contributed by atoms with Crippen LogP contribution in [0, 0.1) is 18.3 Å². The standard InChI is InChI=1S/C14H15N3O2/c1-2-10-5-12(7-15-6-10)16-8-11-3-4-17(14(18)19)13(11)9-16/h1,5-7,11,13H,3-4,8-9H2,(H,18,19)/t11-,13+/m1/s1. The van der Waals surface area contributed by atoms with E-state index in [1.54, 1.807) is 17.3 Å². The number of pyridine rings is 1. The van der Waals surface area contributed by atoms with E-state index in [0.29, 0.717) is 12.5 Å². The smallest absolute Gasteiger partial charge is 0.407 e. The van der Waals surface area contributed by atoms with E-state index in [2.05, 4.69) is 15.8 Å². The number of carboxylic acid groups (broad SMARTS) is 1. The number of hydrogen-bond acceptors (Lipinski definition) is 3. The van der Waals surface area contributed by atoms with Gasteiger partial charge in [0.1, 0.15) is 0 Å². The first-order valence-electron chi connectivity index (χ1n) is 6.35. The minimum atomic E-state index is -0.815. The van der Waals surface area contributed by atoms with Crippen molar-refractivity contribution >= 4 is 11.8 Å². The van der Waals surface area contributed by atoms with Crippen molar-refractivity contribution in [2.45, 2.75) is 12.5 Å². The second-order valence-electron chi connectivity index (χ2n) is 5.07. The molecule has 5 heteroatoms. The van der Waals surface area contributed by atoms with E-state index in [1.165, 1.54) is 0 Å². The normalized spacial score (nSPS) is 25.2. The van der Waals surface area contributed by atoms with Crippen molar-refractivity contribution in [1.82, 2.24) is 9.88 Å². The number of hydrogen-bond donors (Lipinski definition) is 1. The zero-order valence-electron chi connectivity index (χ0n) is 10.5. The maximum atomic E-state index is 11.2. The van der Waals surface area contributed by atoms with Crippen molar-refractivity contribution in [3.05, 3.63) is 24.0 Å². The van der Waals surface area contributed by atoms with E-state index in [-0.39, 0.29) is 6.04 Å². The number of terminal acetylenes is 1. The lowest BCUT2D eigenvalue weighted by molar-refractivity contribution is 0.140. The molecule has 1 aromatic rings. The molecule has 1 aromatic heterocycles. The molecule has 3 rings (SSSR count). The fourth-order valence-corrected chi connectivity index (χ4v) is 3.09. The first-order chi connectivity index (χ1) is 9.19. The summed E-state index contributed by atoms with van der Waals surface area (Å²) in [6.45, 7) is 2.26. The first kappa shape index (κ1) is 11.8. The highest BCUT2D eigenvalue weighted by Crippen LogP contribution is 2.33. The molecule has 1 N–H and O–H groups in total. The van der Waals surface area contributed by atoms with Crippen molar-refractivity contribution < 1.29 is 9.90 Å². The van der Waals surface area contributed by atoms with Gasteiger partial charge in [-0.1, -0.05) is 5.92 Å². The van der Waals surface area contributed by atoms with E-state index in [9.17, 15) is 4.79 Å². The third-order valence-corrected chi connectivity index (χ3v) is 4.05. The minimum Gasteiger partial charge on any atom is -0.465 e. The highest BCUT2D eigenvalue weighted by Gasteiger charge is 2.43. The summed E-state index contributed by atoms with van der Waals surface area (Å²) in [5, 5.41) is 9.17.